The monoisotopic (exact) mass is 611 g/mol. The van der Waals surface area contributed by atoms with Crippen molar-refractivity contribution in [3.05, 3.63) is 54.7 Å². The van der Waals surface area contributed by atoms with Gasteiger partial charge in [0.15, 0.2) is 0 Å². The molecule has 0 spiro atoms. The van der Waals surface area contributed by atoms with Gasteiger partial charge < -0.3 is 15.5 Å². The summed E-state index contributed by atoms with van der Waals surface area (Å²) in [6.45, 7) is 4.00. The Bertz CT molecular complexity index is 1190. The van der Waals surface area contributed by atoms with Crippen molar-refractivity contribution in [3.63, 3.8) is 0 Å². The van der Waals surface area contributed by atoms with E-state index in [1.807, 2.05) is 0 Å². The van der Waals surface area contributed by atoms with Gasteiger partial charge in [-0.3, -0.25) is 9.59 Å². The molecule has 0 unspecified atom stereocenters. The average Bonchev–Trinajstić information content (AvgIpc) is 3.39. The first-order valence-corrected chi connectivity index (χ1v) is 12.0. The Labute approximate surface area is 225 Å². The highest BCUT2D eigenvalue weighted by Crippen LogP contribution is 2.47. The predicted octanol–water partition coefficient (Wildman–Crippen LogP) is 6.28. The van der Waals surface area contributed by atoms with Crippen LogP contribution in [0.1, 0.15) is 33.5 Å². The van der Waals surface area contributed by atoms with E-state index < -0.39 is 54.9 Å². The minimum atomic E-state index is -4.98. The third-order valence-electron chi connectivity index (χ3n) is 4.82. The van der Waals surface area contributed by atoms with E-state index in [0.29, 0.717) is 5.56 Å². The van der Waals surface area contributed by atoms with E-state index in [9.17, 15) is 35.9 Å². The van der Waals surface area contributed by atoms with Crippen molar-refractivity contribution in [3.8, 4) is 0 Å². The molecular weight excluding hydrogens is 595 g/mol. The van der Waals surface area contributed by atoms with Gasteiger partial charge in [-0.15, -0.1) is 11.3 Å². The lowest BCUT2D eigenvalue weighted by Gasteiger charge is -2.29. The Morgan fingerprint density at radius 1 is 1.22 bits per heavy atom. The maximum absolute atomic E-state index is 14.1. The van der Waals surface area contributed by atoms with Crippen LogP contribution < -0.4 is 10.6 Å². The molecule has 6 nitrogen and oxygen atoms in total. The summed E-state index contributed by atoms with van der Waals surface area (Å²) < 4.78 is 78.9. The van der Waals surface area contributed by atoms with E-state index in [-0.39, 0.29) is 30.6 Å². The first-order chi connectivity index (χ1) is 16.9. The molecule has 2 heterocycles. The normalized spacial score (nSPS) is 19.1. The molecule has 0 radical (unpaired) electrons. The van der Waals surface area contributed by atoms with Crippen LogP contribution in [0.15, 0.2) is 44.5 Å². The minimum absolute atomic E-state index is 0.0158. The number of aryl methyl sites for hydroxylation is 1. The number of carbonyl (C=O) groups excluding carboxylic acids is 2. The lowest BCUT2D eigenvalue weighted by atomic mass is 9.88. The van der Waals surface area contributed by atoms with Crippen LogP contribution in [0.2, 0.25) is 0 Å². The maximum atomic E-state index is 14.1. The van der Waals surface area contributed by atoms with Crippen LogP contribution >= 0.6 is 46.1 Å². The average molecular weight is 613 g/mol. The molecule has 0 saturated carbocycles. The first-order valence-electron chi connectivity index (χ1n) is 10.0. The van der Waals surface area contributed by atoms with Gasteiger partial charge in [-0.25, -0.2) is 0 Å². The highest BCUT2D eigenvalue weighted by molar-refractivity contribution is 7.16. The van der Waals surface area contributed by atoms with Gasteiger partial charge in [0.2, 0.25) is 5.91 Å². The number of nitrogens with one attached hydrogen (secondary N) is 2. The number of allylic oxidation sites excluding steroid dienone is 3. The zero-order chi connectivity index (χ0) is 28.3. The molecule has 1 atom stereocenters. The Kier molecular flexibility index (Phi) is 9.77. The molecule has 1 aliphatic heterocycles. The molecule has 0 aromatic carbocycles. The van der Waals surface area contributed by atoms with Crippen molar-refractivity contribution in [1.29, 1.82) is 0 Å². The molecule has 1 aliphatic rings. The smallest absolute Gasteiger partial charge is 0.374 e. The van der Waals surface area contributed by atoms with Crippen molar-refractivity contribution >= 4 is 63.7 Å². The number of rotatable bonds is 8. The van der Waals surface area contributed by atoms with Gasteiger partial charge in [0.25, 0.3) is 11.5 Å². The van der Waals surface area contributed by atoms with Crippen LogP contribution in [0.4, 0.5) is 26.3 Å². The summed E-state index contributed by atoms with van der Waals surface area (Å²) in [6.07, 6.45) is -9.54. The summed E-state index contributed by atoms with van der Waals surface area (Å²) >= 11 is 18.3. The number of alkyl halides is 6. The van der Waals surface area contributed by atoms with E-state index in [0.717, 1.165) is 17.4 Å². The van der Waals surface area contributed by atoms with Crippen LogP contribution in [0.3, 0.4) is 0 Å². The minimum Gasteiger partial charge on any atom is -0.374 e. The maximum Gasteiger partial charge on any atom is 0.435 e. The zero-order valence-electron chi connectivity index (χ0n) is 19.0. The van der Waals surface area contributed by atoms with E-state index in [1.165, 1.54) is 19.9 Å². The molecule has 204 valence electrons. The highest BCUT2D eigenvalue weighted by Gasteiger charge is 2.62. The van der Waals surface area contributed by atoms with E-state index in [2.05, 4.69) is 17.1 Å². The topological polar surface area (TPSA) is 79.8 Å². The SMILES string of the molecule is C=C(/C=C(Cl)\C(Cl)=C(/C)Cl)[C@]1(C(F)(F)F)CC(c2cc(C)c(C(=O)NCC(=O)NCC(F)(F)F)s2)=NO1. The summed E-state index contributed by atoms with van der Waals surface area (Å²) in [7, 11) is 0. The van der Waals surface area contributed by atoms with Crippen LogP contribution in [0.25, 0.3) is 0 Å². The second kappa shape index (κ2) is 11.7. The Balaban J connectivity index is 2.20. The molecule has 1 aromatic rings. The van der Waals surface area contributed by atoms with Crippen molar-refractivity contribution in [2.24, 2.45) is 5.16 Å². The largest absolute Gasteiger partial charge is 0.435 e. The van der Waals surface area contributed by atoms with Crippen molar-refractivity contribution in [2.45, 2.75) is 38.2 Å². The number of oxime groups is 1. The lowest BCUT2D eigenvalue weighted by Crippen LogP contribution is -2.46. The second-order valence-electron chi connectivity index (χ2n) is 7.69. The van der Waals surface area contributed by atoms with Crippen molar-refractivity contribution < 1.29 is 40.8 Å². The highest BCUT2D eigenvalue weighted by atomic mass is 35.5. The molecule has 2 N–H and O–H groups in total. The zero-order valence-corrected chi connectivity index (χ0v) is 22.0. The van der Waals surface area contributed by atoms with Crippen LogP contribution in [-0.2, 0) is 9.63 Å². The second-order valence-corrected chi connectivity index (χ2v) is 10.1. The lowest BCUT2D eigenvalue weighted by molar-refractivity contribution is -0.251. The number of hydrogen-bond donors (Lipinski definition) is 2. The Morgan fingerprint density at radius 3 is 2.38 bits per heavy atom. The third-order valence-corrected chi connectivity index (χ3v) is 7.27. The number of thiophene rings is 1. The molecule has 0 bridgehead atoms. The van der Waals surface area contributed by atoms with Gasteiger partial charge in [-0.1, -0.05) is 46.5 Å². The number of carbonyl (C=O) groups is 2. The van der Waals surface area contributed by atoms with E-state index >= 15 is 0 Å². The predicted molar refractivity (Wildman–Crippen MR) is 129 cm³/mol. The fourth-order valence-corrected chi connectivity index (χ4v) is 4.47. The summed E-state index contributed by atoms with van der Waals surface area (Å²) in [6, 6.07) is 1.39. The fraction of sp³-hybridized carbons (Fsp3) is 0.381. The van der Waals surface area contributed by atoms with Crippen molar-refractivity contribution in [2.75, 3.05) is 13.1 Å². The van der Waals surface area contributed by atoms with Gasteiger partial charge in [0.05, 0.1) is 32.8 Å². The van der Waals surface area contributed by atoms with Gasteiger partial charge in [-0.2, -0.15) is 26.3 Å². The third kappa shape index (κ3) is 7.65. The summed E-state index contributed by atoms with van der Waals surface area (Å²) in [5.41, 5.74) is -3.39. The van der Waals surface area contributed by atoms with Crippen molar-refractivity contribution in [1.82, 2.24) is 10.6 Å². The molecular formula is C21H18Cl3F6N3O3S. The van der Waals surface area contributed by atoms with E-state index in [4.69, 9.17) is 39.6 Å². The quantitative estimate of drug-likeness (QED) is 0.268. The molecule has 37 heavy (non-hydrogen) atoms. The first kappa shape index (κ1) is 31.0. The standard InChI is InChI=1S/C21H18Cl3F6N3O3S/c1-9-4-14(37-17(9)18(35)31-7-15(34)32-8-20(25,26)27)13-6-19(36-33-13,21(28,29)30)10(2)5-12(23)16(24)11(3)22/h4-5H,2,6-8H2,1,3H3,(H,31,35)(H,32,34)/b12-5+,16-11-/t19-/m0/s1. The van der Waals surface area contributed by atoms with Crippen LogP contribution in [0.5, 0.6) is 0 Å². The Morgan fingerprint density at radius 2 is 1.84 bits per heavy atom. The number of halogens is 9. The summed E-state index contributed by atoms with van der Waals surface area (Å²) in [4.78, 5) is 28.9. The Hall–Kier alpha value is -2.22. The number of hydrogen-bond acceptors (Lipinski definition) is 5. The molecule has 0 saturated heterocycles. The van der Waals surface area contributed by atoms with E-state index in [1.54, 1.807) is 5.32 Å². The molecule has 0 fully saturated rings. The fourth-order valence-electron chi connectivity index (χ4n) is 2.92. The number of nitrogens with zero attached hydrogens (tertiary/aromatic N) is 1. The molecule has 0 aliphatic carbocycles. The summed E-state index contributed by atoms with van der Waals surface area (Å²) in [5, 5.41) is 6.88. The number of amides is 2. The molecule has 1 aromatic heterocycles. The molecule has 16 heteroatoms. The van der Waals surface area contributed by atoms with Gasteiger partial charge in [0, 0.05) is 10.6 Å². The molecule has 2 amide bonds. The van der Waals surface area contributed by atoms with Gasteiger partial charge >= 0.3 is 12.4 Å². The van der Waals surface area contributed by atoms with Crippen LogP contribution in [0, 0.1) is 6.92 Å². The van der Waals surface area contributed by atoms with Gasteiger partial charge in [-0.05, 0) is 31.6 Å². The van der Waals surface area contributed by atoms with Crippen LogP contribution in [-0.4, -0.2) is 48.6 Å². The molecule has 2 rings (SSSR count). The summed E-state index contributed by atoms with van der Waals surface area (Å²) in [5.74, 6) is -1.89. The van der Waals surface area contributed by atoms with Gasteiger partial charge in [0.1, 0.15) is 12.3 Å².